The van der Waals surface area contributed by atoms with Crippen LogP contribution in [0.25, 0.3) is 0 Å². The molecule has 1 rings (SSSR count). The van der Waals surface area contributed by atoms with Gasteiger partial charge in [0.1, 0.15) is 0 Å². The number of unbranched alkanes of at least 4 members (excludes halogenated alkanes) is 1. The van der Waals surface area contributed by atoms with Gasteiger partial charge < -0.3 is 5.32 Å². The Morgan fingerprint density at radius 3 is 2.31 bits per heavy atom. The van der Waals surface area contributed by atoms with Crippen LogP contribution in [0.3, 0.4) is 0 Å². The number of piperazine rings is 1. The molecule has 0 aromatic heterocycles. The first-order valence-corrected chi connectivity index (χ1v) is 6.80. The fraction of sp³-hybridized carbons (Fsp3) is 1.00. The Bertz CT molecular complexity index is 172. The van der Waals surface area contributed by atoms with Crippen LogP contribution in [0.1, 0.15) is 33.6 Å². The molecule has 1 fully saturated rings. The summed E-state index contributed by atoms with van der Waals surface area (Å²) < 4.78 is 0. The second-order valence-corrected chi connectivity index (χ2v) is 5.23. The van der Waals surface area contributed by atoms with Crippen molar-refractivity contribution in [2.45, 2.75) is 45.7 Å². The molecular formula is C13H29N3. The average molecular weight is 227 g/mol. The molecule has 0 saturated carbocycles. The van der Waals surface area contributed by atoms with Crippen molar-refractivity contribution in [3.05, 3.63) is 0 Å². The summed E-state index contributed by atoms with van der Waals surface area (Å²) in [4.78, 5) is 5.08. The predicted molar refractivity (Wildman–Crippen MR) is 70.9 cm³/mol. The number of hydrogen-bond donors (Lipinski definition) is 1. The number of hydrogen-bond acceptors (Lipinski definition) is 3. The lowest BCUT2D eigenvalue weighted by Gasteiger charge is -2.42. The molecule has 1 aliphatic heterocycles. The van der Waals surface area contributed by atoms with Gasteiger partial charge in [-0.2, -0.15) is 0 Å². The summed E-state index contributed by atoms with van der Waals surface area (Å²) >= 11 is 0. The van der Waals surface area contributed by atoms with Crippen molar-refractivity contribution < 1.29 is 0 Å². The number of likely N-dealkylation sites (N-methyl/N-ethyl adjacent to an activating group) is 1. The second kappa shape index (κ2) is 7.25. The maximum atomic E-state index is 3.52. The van der Waals surface area contributed by atoms with E-state index in [1.165, 1.54) is 39.0 Å². The summed E-state index contributed by atoms with van der Waals surface area (Å²) in [6.07, 6.45) is 2.59. The highest BCUT2D eigenvalue weighted by atomic mass is 15.3. The smallest absolute Gasteiger partial charge is 0.0195 e. The van der Waals surface area contributed by atoms with Gasteiger partial charge in [-0.25, -0.2) is 0 Å². The molecule has 3 heteroatoms. The zero-order chi connectivity index (χ0) is 12.0. The molecule has 2 unspecified atom stereocenters. The fourth-order valence-corrected chi connectivity index (χ4v) is 2.36. The minimum absolute atomic E-state index is 0.694. The summed E-state index contributed by atoms with van der Waals surface area (Å²) in [6, 6.07) is 1.39. The molecule has 0 amide bonds. The zero-order valence-electron chi connectivity index (χ0n) is 11.5. The summed E-state index contributed by atoms with van der Waals surface area (Å²) in [6.45, 7) is 12.9. The van der Waals surface area contributed by atoms with E-state index in [9.17, 15) is 0 Å². The van der Waals surface area contributed by atoms with Gasteiger partial charge in [0.15, 0.2) is 0 Å². The van der Waals surface area contributed by atoms with Crippen LogP contribution in [0.5, 0.6) is 0 Å². The van der Waals surface area contributed by atoms with Gasteiger partial charge in [-0.3, -0.25) is 9.80 Å². The van der Waals surface area contributed by atoms with Gasteiger partial charge >= 0.3 is 0 Å². The van der Waals surface area contributed by atoms with E-state index in [1.54, 1.807) is 0 Å². The van der Waals surface area contributed by atoms with E-state index in [4.69, 9.17) is 0 Å². The molecule has 0 aromatic rings. The van der Waals surface area contributed by atoms with Gasteiger partial charge in [0.05, 0.1) is 0 Å². The summed E-state index contributed by atoms with van der Waals surface area (Å²) in [5.41, 5.74) is 0. The van der Waals surface area contributed by atoms with Crippen LogP contribution in [-0.4, -0.2) is 61.7 Å². The van der Waals surface area contributed by atoms with Crippen molar-refractivity contribution in [1.82, 2.24) is 15.1 Å². The Hall–Kier alpha value is -0.120. The molecule has 1 saturated heterocycles. The standard InChI is InChI=1S/C13H29N3/c1-5-6-7-14-8-9-16-10-12(2)15(4)13(3)11-16/h12-14H,5-11H2,1-4H3. The van der Waals surface area contributed by atoms with Gasteiger partial charge in [0.2, 0.25) is 0 Å². The van der Waals surface area contributed by atoms with Gasteiger partial charge in [0, 0.05) is 38.3 Å². The van der Waals surface area contributed by atoms with Gasteiger partial charge in [-0.1, -0.05) is 13.3 Å². The van der Waals surface area contributed by atoms with Crippen LogP contribution in [-0.2, 0) is 0 Å². The lowest BCUT2D eigenvalue weighted by Crippen LogP contribution is -2.55. The van der Waals surface area contributed by atoms with Crippen molar-refractivity contribution in [3.63, 3.8) is 0 Å². The largest absolute Gasteiger partial charge is 0.315 e. The first-order valence-electron chi connectivity index (χ1n) is 6.80. The van der Waals surface area contributed by atoms with Crippen molar-refractivity contribution in [2.75, 3.05) is 39.8 Å². The molecule has 96 valence electrons. The highest BCUT2D eigenvalue weighted by Gasteiger charge is 2.25. The van der Waals surface area contributed by atoms with E-state index in [0.717, 1.165) is 6.54 Å². The van der Waals surface area contributed by atoms with Crippen LogP contribution in [0.4, 0.5) is 0 Å². The molecule has 1 heterocycles. The van der Waals surface area contributed by atoms with E-state index in [0.29, 0.717) is 12.1 Å². The molecule has 0 bridgehead atoms. The van der Waals surface area contributed by atoms with Crippen molar-refractivity contribution in [1.29, 1.82) is 0 Å². The highest BCUT2D eigenvalue weighted by Crippen LogP contribution is 2.12. The van der Waals surface area contributed by atoms with Crippen LogP contribution in [0.15, 0.2) is 0 Å². The Balaban J connectivity index is 2.13. The molecule has 3 nitrogen and oxygen atoms in total. The summed E-state index contributed by atoms with van der Waals surface area (Å²) in [5.74, 6) is 0. The number of rotatable bonds is 6. The van der Waals surface area contributed by atoms with E-state index in [-0.39, 0.29) is 0 Å². The fourth-order valence-electron chi connectivity index (χ4n) is 2.36. The van der Waals surface area contributed by atoms with E-state index in [1.807, 2.05) is 0 Å². The van der Waals surface area contributed by atoms with Gasteiger partial charge in [-0.15, -0.1) is 0 Å². The van der Waals surface area contributed by atoms with Crippen LogP contribution < -0.4 is 5.32 Å². The molecule has 2 atom stereocenters. The normalized spacial score (nSPS) is 28.5. The van der Waals surface area contributed by atoms with E-state index < -0.39 is 0 Å². The molecule has 1 N–H and O–H groups in total. The van der Waals surface area contributed by atoms with Crippen LogP contribution in [0.2, 0.25) is 0 Å². The van der Waals surface area contributed by atoms with Crippen molar-refractivity contribution in [3.8, 4) is 0 Å². The molecule has 16 heavy (non-hydrogen) atoms. The SMILES string of the molecule is CCCCNCCN1CC(C)N(C)C(C)C1. The Kier molecular flexibility index (Phi) is 6.32. The van der Waals surface area contributed by atoms with Gasteiger partial charge in [0.25, 0.3) is 0 Å². The molecule has 1 aliphatic rings. The Labute approximate surface area is 101 Å². The minimum atomic E-state index is 0.694. The quantitative estimate of drug-likeness (QED) is 0.692. The number of nitrogens with one attached hydrogen (secondary N) is 1. The zero-order valence-corrected chi connectivity index (χ0v) is 11.5. The first-order chi connectivity index (χ1) is 7.65. The minimum Gasteiger partial charge on any atom is -0.315 e. The topological polar surface area (TPSA) is 18.5 Å². The lowest BCUT2D eigenvalue weighted by atomic mass is 10.1. The third-order valence-electron chi connectivity index (χ3n) is 3.75. The Morgan fingerprint density at radius 1 is 1.12 bits per heavy atom. The predicted octanol–water partition coefficient (Wildman–Crippen LogP) is 1.40. The van der Waals surface area contributed by atoms with Crippen molar-refractivity contribution in [2.24, 2.45) is 0 Å². The van der Waals surface area contributed by atoms with E-state index in [2.05, 4.69) is 42.9 Å². The number of nitrogens with zero attached hydrogens (tertiary/aromatic N) is 2. The maximum Gasteiger partial charge on any atom is 0.0195 e. The van der Waals surface area contributed by atoms with Crippen LogP contribution in [0, 0.1) is 0 Å². The molecular weight excluding hydrogens is 198 g/mol. The average Bonchev–Trinajstić information content (AvgIpc) is 2.25. The molecule has 0 aliphatic carbocycles. The summed E-state index contributed by atoms with van der Waals surface area (Å²) in [5, 5.41) is 3.52. The molecule has 0 spiro atoms. The second-order valence-electron chi connectivity index (χ2n) is 5.23. The summed E-state index contributed by atoms with van der Waals surface area (Å²) in [7, 11) is 2.24. The third-order valence-corrected chi connectivity index (χ3v) is 3.75. The monoisotopic (exact) mass is 227 g/mol. The molecule has 0 aromatic carbocycles. The van der Waals surface area contributed by atoms with Gasteiger partial charge in [-0.05, 0) is 33.9 Å². The lowest BCUT2D eigenvalue weighted by molar-refractivity contribution is 0.0608. The highest BCUT2D eigenvalue weighted by molar-refractivity contribution is 4.82. The molecule has 0 radical (unpaired) electrons. The maximum absolute atomic E-state index is 3.52. The first kappa shape index (κ1) is 13.9. The van der Waals surface area contributed by atoms with Crippen molar-refractivity contribution >= 4 is 0 Å². The van der Waals surface area contributed by atoms with Crippen LogP contribution >= 0.6 is 0 Å². The van der Waals surface area contributed by atoms with E-state index >= 15 is 0 Å². The third kappa shape index (κ3) is 4.40. The Morgan fingerprint density at radius 2 is 1.75 bits per heavy atom.